The second-order valence-electron chi connectivity index (χ2n) is 4.89. The van der Waals surface area contributed by atoms with Gasteiger partial charge in [-0.3, -0.25) is 0 Å². The Morgan fingerprint density at radius 1 is 1.18 bits per heavy atom. The molecule has 1 N–H and O–H groups in total. The Kier molecular flexibility index (Phi) is 3.89. The molecule has 0 radical (unpaired) electrons. The third-order valence-electron chi connectivity index (χ3n) is 3.55. The number of nitrogens with zero attached hydrogens (tertiary/aromatic N) is 1. The molecule has 22 heavy (non-hydrogen) atoms. The zero-order valence-corrected chi connectivity index (χ0v) is 13.9. The van der Waals surface area contributed by atoms with Crippen LogP contribution in [0.1, 0.15) is 15.9 Å². The van der Waals surface area contributed by atoms with E-state index in [2.05, 4.69) is 20.9 Å². The van der Waals surface area contributed by atoms with Gasteiger partial charge in [0.2, 0.25) is 0 Å². The fourth-order valence-electron chi connectivity index (χ4n) is 2.53. The van der Waals surface area contributed by atoms with E-state index < -0.39 is 5.97 Å². The Balaban J connectivity index is 2.46. The maximum Gasteiger partial charge on any atom is 0.336 e. The van der Waals surface area contributed by atoms with E-state index >= 15 is 0 Å². The van der Waals surface area contributed by atoms with Crippen LogP contribution in [0, 0.1) is 6.92 Å². The predicted molar refractivity (Wildman–Crippen MR) is 91.6 cm³/mol. The fraction of sp³-hybridized carbons (Fsp3) is 0.0588. The van der Waals surface area contributed by atoms with Gasteiger partial charge in [0.1, 0.15) is 0 Å². The summed E-state index contributed by atoms with van der Waals surface area (Å²) in [6, 6.07) is 13.1. The first kappa shape index (κ1) is 15.0. The Morgan fingerprint density at radius 3 is 2.50 bits per heavy atom. The van der Waals surface area contributed by atoms with Crippen LogP contribution >= 0.6 is 27.5 Å². The van der Waals surface area contributed by atoms with Gasteiger partial charge in [0.15, 0.2) is 0 Å². The van der Waals surface area contributed by atoms with E-state index in [1.807, 2.05) is 30.3 Å². The van der Waals surface area contributed by atoms with Crippen molar-refractivity contribution in [3.8, 4) is 11.3 Å². The average molecular weight is 377 g/mol. The van der Waals surface area contributed by atoms with E-state index in [-0.39, 0.29) is 5.56 Å². The van der Waals surface area contributed by atoms with Crippen molar-refractivity contribution in [3.63, 3.8) is 0 Å². The Labute approximate surface area is 140 Å². The van der Waals surface area contributed by atoms with Crippen molar-refractivity contribution >= 4 is 44.4 Å². The number of fused-ring (bicyclic) bond motifs is 1. The minimum absolute atomic E-state index is 0.190. The predicted octanol–water partition coefficient (Wildman–Crippen LogP) is 5.32. The second-order valence-corrected chi connectivity index (χ2v) is 6.12. The third kappa shape index (κ3) is 2.38. The van der Waals surface area contributed by atoms with Crippen LogP contribution in [0.3, 0.4) is 0 Å². The van der Waals surface area contributed by atoms with Gasteiger partial charge in [0.25, 0.3) is 0 Å². The summed E-state index contributed by atoms with van der Waals surface area (Å²) in [4.78, 5) is 16.4. The molecule has 0 aliphatic rings. The topological polar surface area (TPSA) is 50.2 Å². The monoisotopic (exact) mass is 375 g/mol. The number of aromatic nitrogens is 1. The number of hydrogen-bond acceptors (Lipinski definition) is 2. The number of carboxylic acid groups (broad SMARTS) is 1. The summed E-state index contributed by atoms with van der Waals surface area (Å²) in [7, 11) is 0. The largest absolute Gasteiger partial charge is 0.478 e. The first-order chi connectivity index (χ1) is 10.5. The van der Waals surface area contributed by atoms with Gasteiger partial charge in [0.05, 0.1) is 21.8 Å². The van der Waals surface area contributed by atoms with Crippen LogP contribution in [-0.2, 0) is 0 Å². The van der Waals surface area contributed by atoms with Crippen LogP contribution < -0.4 is 0 Å². The smallest absolute Gasteiger partial charge is 0.336 e. The lowest BCUT2D eigenvalue weighted by Gasteiger charge is -2.13. The van der Waals surface area contributed by atoms with E-state index in [1.165, 1.54) is 0 Å². The van der Waals surface area contributed by atoms with Gasteiger partial charge in [-0.15, -0.1) is 0 Å². The molecule has 0 aliphatic heterocycles. The molecule has 0 bridgehead atoms. The van der Waals surface area contributed by atoms with Gasteiger partial charge in [-0.05, 0) is 40.5 Å². The van der Waals surface area contributed by atoms with Crippen molar-refractivity contribution < 1.29 is 9.90 Å². The summed E-state index contributed by atoms with van der Waals surface area (Å²) >= 11 is 9.63. The van der Waals surface area contributed by atoms with Crippen molar-refractivity contribution in [1.82, 2.24) is 4.98 Å². The lowest BCUT2D eigenvalue weighted by molar-refractivity contribution is 0.0698. The van der Waals surface area contributed by atoms with Crippen LogP contribution in [-0.4, -0.2) is 16.1 Å². The molecule has 0 amide bonds. The molecular weight excluding hydrogens is 366 g/mol. The van der Waals surface area contributed by atoms with Gasteiger partial charge in [0, 0.05) is 15.4 Å². The molecule has 0 atom stereocenters. The zero-order valence-electron chi connectivity index (χ0n) is 11.6. The molecule has 3 aromatic rings. The van der Waals surface area contributed by atoms with Gasteiger partial charge < -0.3 is 5.11 Å². The first-order valence-corrected chi connectivity index (χ1v) is 7.75. The number of aromatic carboxylic acids is 1. The summed E-state index contributed by atoms with van der Waals surface area (Å²) in [6.45, 7) is 1.76. The molecule has 3 nitrogen and oxygen atoms in total. The second kappa shape index (κ2) is 5.71. The molecule has 0 aliphatic carbocycles. The van der Waals surface area contributed by atoms with E-state index in [1.54, 1.807) is 19.1 Å². The Hall–Kier alpha value is -1.91. The van der Waals surface area contributed by atoms with Crippen molar-refractivity contribution in [2.75, 3.05) is 0 Å². The number of carbonyl (C=O) groups is 1. The Morgan fingerprint density at radius 2 is 1.86 bits per heavy atom. The average Bonchev–Trinajstić information content (AvgIpc) is 2.51. The quantitative estimate of drug-likeness (QED) is 0.658. The lowest BCUT2D eigenvalue weighted by Crippen LogP contribution is -2.05. The highest BCUT2D eigenvalue weighted by Gasteiger charge is 2.21. The van der Waals surface area contributed by atoms with E-state index in [9.17, 15) is 9.90 Å². The van der Waals surface area contributed by atoms with Crippen LogP contribution in [0.15, 0.2) is 46.9 Å². The van der Waals surface area contributed by atoms with Crippen LogP contribution in [0.5, 0.6) is 0 Å². The third-order valence-corrected chi connectivity index (χ3v) is 4.83. The fourth-order valence-corrected chi connectivity index (χ4v) is 3.11. The minimum Gasteiger partial charge on any atom is -0.478 e. The van der Waals surface area contributed by atoms with Gasteiger partial charge in [-0.2, -0.15) is 0 Å². The highest BCUT2D eigenvalue weighted by Crippen LogP contribution is 2.36. The normalized spacial score (nSPS) is 10.9. The van der Waals surface area contributed by atoms with Crippen molar-refractivity contribution in [2.45, 2.75) is 6.92 Å². The first-order valence-electron chi connectivity index (χ1n) is 6.57. The van der Waals surface area contributed by atoms with Gasteiger partial charge >= 0.3 is 5.97 Å². The number of benzene rings is 2. The van der Waals surface area contributed by atoms with Gasteiger partial charge in [-0.1, -0.05) is 41.9 Å². The summed E-state index contributed by atoms with van der Waals surface area (Å²) in [5, 5.41) is 10.5. The summed E-state index contributed by atoms with van der Waals surface area (Å²) in [5.41, 5.74) is 2.89. The van der Waals surface area contributed by atoms with Crippen molar-refractivity contribution in [1.29, 1.82) is 0 Å². The molecule has 0 saturated carbocycles. The number of halogens is 2. The SMILES string of the molecule is Cc1c(-c2ccccc2)nc2ccc(Br)c(Cl)c2c1C(=O)O. The van der Waals surface area contributed by atoms with Gasteiger partial charge in [-0.25, -0.2) is 9.78 Å². The minimum atomic E-state index is -1.01. The molecule has 110 valence electrons. The highest BCUT2D eigenvalue weighted by atomic mass is 79.9. The standard InChI is InChI=1S/C17H11BrClNO2/c1-9-13(17(21)22)14-12(8-7-11(18)15(14)19)20-16(9)10-5-3-2-4-6-10/h2-8H,1H3,(H,21,22). The maximum absolute atomic E-state index is 11.8. The molecule has 5 heteroatoms. The summed E-state index contributed by atoms with van der Waals surface area (Å²) in [6.07, 6.45) is 0. The highest BCUT2D eigenvalue weighted by molar-refractivity contribution is 9.10. The van der Waals surface area contributed by atoms with Crippen LogP contribution in [0.4, 0.5) is 0 Å². The maximum atomic E-state index is 11.8. The molecule has 1 heterocycles. The molecule has 0 spiro atoms. The number of rotatable bonds is 2. The molecular formula is C17H11BrClNO2. The van der Waals surface area contributed by atoms with E-state index in [0.717, 1.165) is 5.56 Å². The summed E-state index contributed by atoms with van der Waals surface area (Å²) < 4.78 is 0.651. The lowest BCUT2D eigenvalue weighted by atomic mass is 9.98. The number of carboxylic acids is 1. The molecule has 0 saturated heterocycles. The molecule has 2 aromatic carbocycles. The summed E-state index contributed by atoms with van der Waals surface area (Å²) in [5.74, 6) is -1.01. The number of hydrogen-bond donors (Lipinski definition) is 1. The molecule has 3 rings (SSSR count). The molecule has 1 aromatic heterocycles. The van der Waals surface area contributed by atoms with Crippen molar-refractivity contribution in [3.05, 3.63) is 63.1 Å². The van der Waals surface area contributed by atoms with E-state index in [0.29, 0.717) is 31.7 Å². The number of pyridine rings is 1. The zero-order chi connectivity index (χ0) is 15.9. The van der Waals surface area contributed by atoms with Crippen molar-refractivity contribution in [2.24, 2.45) is 0 Å². The van der Waals surface area contributed by atoms with Crippen LogP contribution in [0.25, 0.3) is 22.2 Å². The van der Waals surface area contributed by atoms with E-state index in [4.69, 9.17) is 11.6 Å². The van der Waals surface area contributed by atoms with Crippen LogP contribution in [0.2, 0.25) is 5.02 Å². The molecule has 0 fully saturated rings. The Bertz CT molecular complexity index is 894. The molecule has 0 unspecified atom stereocenters.